The van der Waals surface area contributed by atoms with Crippen molar-refractivity contribution in [1.82, 2.24) is 9.97 Å². The van der Waals surface area contributed by atoms with Crippen molar-refractivity contribution in [3.8, 4) is 29.1 Å². The predicted molar refractivity (Wildman–Crippen MR) is 91.6 cm³/mol. The van der Waals surface area contributed by atoms with Gasteiger partial charge >= 0.3 is 5.97 Å². The maximum absolute atomic E-state index is 10.6. The number of halogens is 3. The predicted octanol–water partition coefficient (Wildman–Crippen LogP) is 3.12. The summed E-state index contributed by atoms with van der Waals surface area (Å²) in [5, 5.41) is 35.4. The van der Waals surface area contributed by atoms with Gasteiger partial charge < -0.3 is 24.8 Å². The van der Waals surface area contributed by atoms with Gasteiger partial charge in [-0.15, -0.1) is 0 Å². The van der Waals surface area contributed by atoms with Crippen molar-refractivity contribution in [3.05, 3.63) is 32.8 Å². The zero-order valence-corrected chi connectivity index (χ0v) is 15.4. The van der Waals surface area contributed by atoms with Gasteiger partial charge in [-0.3, -0.25) is 0 Å². The molecule has 0 spiro atoms. The number of hydrogen-bond acceptors (Lipinski definition) is 8. The van der Waals surface area contributed by atoms with Gasteiger partial charge in [0, 0.05) is 6.07 Å². The van der Waals surface area contributed by atoms with Crippen LogP contribution >= 0.6 is 34.8 Å². The fourth-order valence-corrected chi connectivity index (χ4v) is 2.12. The number of aromatic nitrogens is 2. The number of rotatable bonds is 3. The van der Waals surface area contributed by atoms with E-state index in [4.69, 9.17) is 49.9 Å². The Labute approximate surface area is 161 Å². The Morgan fingerprint density at radius 2 is 1.77 bits per heavy atom. The first kappa shape index (κ1) is 21.4. The molecule has 9 nitrogen and oxygen atoms in total. The van der Waals surface area contributed by atoms with E-state index in [1.54, 1.807) is 6.07 Å². The number of pyridine rings is 2. The topological polar surface area (TPSA) is 146 Å². The van der Waals surface area contributed by atoms with Crippen molar-refractivity contribution < 1.29 is 29.6 Å². The van der Waals surface area contributed by atoms with Crippen LogP contribution < -0.4 is 9.47 Å². The Morgan fingerprint density at radius 1 is 1.15 bits per heavy atom. The van der Waals surface area contributed by atoms with Crippen molar-refractivity contribution in [3.63, 3.8) is 0 Å². The second-order valence-electron chi connectivity index (χ2n) is 4.21. The molecule has 2 aromatic rings. The van der Waals surface area contributed by atoms with Crippen LogP contribution in [0, 0.1) is 11.3 Å². The summed E-state index contributed by atoms with van der Waals surface area (Å²) in [7, 11) is 2.59. The Kier molecular flexibility index (Phi) is 7.52. The lowest BCUT2D eigenvalue weighted by atomic mass is 10.3. The maximum atomic E-state index is 10.6. The number of hydrogen-bond donors (Lipinski definition) is 3. The molecule has 0 aromatic carbocycles. The zero-order valence-electron chi connectivity index (χ0n) is 13.1. The largest absolute Gasteiger partial charge is 0.503 e. The number of nitrogens with zero attached hydrogens (tertiary/aromatic N) is 3. The van der Waals surface area contributed by atoms with Crippen LogP contribution in [-0.2, 0) is 0 Å². The molecule has 0 bridgehead atoms. The molecule has 0 atom stereocenters. The number of carbonyl (C=O) groups is 1. The van der Waals surface area contributed by atoms with Crippen molar-refractivity contribution in [1.29, 1.82) is 5.26 Å². The van der Waals surface area contributed by atoms with Crippen LogP contribution in [0.4, 0.5) is 0 Å². The molecule has 0 fully saturated rings. The lowest BCUT2D eigenvalue weighted by Crippen LogP contribution is -2.03. The van der Waals surface area contributed by atoms with Crippen molar-refractivity contribution >= 4 is 40.8 Å². The third-order valence-corrected chi connectivity index (χ3v) is 3.60. The van der Waals surface area contributed by atoms with Crippen LogP contribution in [0.3, 0.4) is 0 Å². The minimum absolute atomic E-state index is 0.112. The van der Waals surface area contributed by atoms with E-state index in [0.717, 1.165) is 0 Å². The van der Waals surface area contributed by atoms with Gasteiger partial charge in [-0.05, 0) is 0 Å². The van der Waals surface area contributed by atoms with Crippen LogP contribution in [0.1, 0.15) is 16.2 Å². The molecule has 0 radical (unpaired) electrons. The molecule has 3 N–H and O–H groups in total. The van der Waals surface area contributed by atoms with Gasteiger partial charge in [0.2, 0.25) is 0 Å². The van der Waals surface area contributed by atoms with Gasteiger partial charge in [-0.1, -0.05) is 34.8 Å². The second kappa shape index (κ2) is 9.15. The molecule has 0 aliphatic heterocycles. The van der Waals surface area contributed by atoms with E-state index in [9.17, 15) is 15.0 Å². The SMILES string of the molecule is COc1c(O)c(C(=O)O)nc(Cl)c1Cl.COc1cc(Cl)nc(C#N)c1O. The minimum Gasteiger partial charge on any atom is -0.503 e. The highest BCUT2D eigenvalue weighted by atomic mass is 35.5. The van der Waals surface area contributed by atoms with E-state index >= 15 is 0 Å². The van der Waals surface area contributed by atoms with Gasteiger partial charge in [0.05, 0.1) is 14.2 Å². The molecule has 0 saturated heterocycles. The fraction of sp³-hybridized carbons (Fsp3) is 0.143. The number of methoxy groups -OCH3 is 2. The van der Waals surface area contributed by atoms with E-state index in [1.807, 2.05) is 0 Å². The summed E-state index contributed by atoms with van der Waals surface area (Å²) in [6, 6.07) is 3.02. The van der Waals surface area contributed by atoms with Crippen LogP contribution in [0.5, 0.6) is 23.0 Å². The quantitative estimate of drug-likeness (QED) is 0.635. The van der Waals surface area contributed by atoms with Crippen molar-refractivity contribution in [2.24, 2.45) is 0 Å². The molecular weight excluding hydrogens is 413 g/mol. The van der Waals surface area contributed by atoms with E-state index in [0.29, 0.717) is 0 Å². The van der Waals surface area contributed by atoms with Gasteiger partial charge in [-0.2, -0.15) is 5.26 Å². The van der Waals surface area contributed by atoms with Gasteiger partial charge in [0.1, 0.15) is 16.2 Å². The van der Waals surface area contributed by atoms with Gasteiger partial charge in [-0.25, -0.2) is 14.8 Å². The maximum Gasteiger partial charge on any atom is 0.358 e. The number of carboxylic acid groups (broad SMARTS) is 1. The Bertz CT molecular complexity index is 885. The molecule has 26 heavy (non-hydrogen) atoms. The molecule has 0 aliphatic rings. The molecule has 138 valence electrons. The second-order valence-corrected chi connectivity index (χ2v) is 5.33. The van der Waals surface area contributed by atoms with Crippen LogP contribution in [0.25, 0.3) is 0 Å². The number of aromatic hydroxyl groups is 2. The Morgan fingerprint density at radius 3 is 2.23 bits per heavy atom. The number of nitriles is 1. The first-order valence-corrected chi connectivity index (χ1v) is 7.50. The van der Waals surface area contributed by atoms with Gasteiger partial charge in [0.15, 0.2) is 39.5 Å². The average Bonchev–Trinajstić information content (AvgIpc) is 2.60. The first-order chi connectivity index (χ1) is 12.2. The van der Waals surface area contributed by atoms with Crippen LogP contribution in [0.15, 0.2) is 6.07 Å². The molecular formula is C14H10Cl3N3O6. The standard InChI is InChI=1S/C7H5Cl2NO4.C7H5ClN2O2/c1-14-5-2(8)6(9)10-3(4(5)11)7(12)13;1-12-5-2-6(8)10-4(3-9)7(5)11/h11H,1H3,(H,12,13);2,11H,1H3. The molecule has 0 saturated carbocycles. The highest BCUT2D eigenvalue weighted by Crippen LogP contribution is 2.39. The summed E-state index contributed by atoms with van der Waals surface area (Å²) in [5.41, 5.74) is -0.740. The average molecular weight is 423 g/mol. The smallest absolute Gasteiger partial charge is 0.358 e. The van der Waals surface area contributed by atoms with E-state index < -0.39 is 17.4 Å². The third kappa shape index (κ3) is 4.70. The first-order valence-electron chi connectivity index (χ1n) is 6.36. The highest BCUT2D eigenvalue weighted by molar-refractivity contribution is 6.42. The molecule has 12 heteroatoms. The monoisotopic (exact) mass is 421 g/mol. The highest BCUT2D eigenvalue weighted by Gasteiger charge is 2.22. The lowest BCUT2D eigenvalue weighted by molar-refractivity contribution is 0.0686. The van der Waals surface area contributed by atoms with E-state index in [-0.39, 0.29) is 38.3 Å². The van der Waals surface area contributed by atoms with E-state index in [1.165, 1.54) is 20.3 Å². The van der Waals surface area contributed by atoms with E-state index in [2.05, 4.69) is 14.7 Å². The Balaban J connectivity index is 0.000000263. The zero-order chi connectivity index (χ0) is 20.0. The van der Waals surface area contributed by atoms with Gasteiger partial charge in [0.25, 0.3) is 0 Å². The summed E-state index contributed by atoms with van der Waals surface area (Å²) in [6.45, 7) is 0. The summed E-state index contributed by atoms with van der Waals surface area (Å²) < 4.78 is 9.42. The summed E-state index contributed by atoms with van der Waals surface area (Å²) in [4.78, 5) is 17.5. The van der Waals surface area contributed by atoms with Crippen molar-refractivity contribution in [2.45, 2.75) is 0 Å². The third-order valence-electron chi connectivity index (χ3n) is 2.69. The number of carboxylic acids is 1. The van der Waals surface area contributed by atoms with Crippen molar-refractivity contribution in [2.75, 3.05) is 14.2 Å². The lowest BCUT2D eigenvalue weighted by Gasteiger charge is -2.08. The number of ether oxygens (including phenoxy) is 2. The summed E-state index contributed by atoms with van der Waals surface area (Å²) in [5.74, 6) is -2.41. The molecule has 0 amide bonds. The minimum atomic E-state index is -1.42. The summed E-state index contributed by atoms with van der Waals surface area (Å²) >= 11 is 16.6. The number of aromatic carboxylic acids is 1. The molecule has 2 heterocycles. The van der Waals surface area contributed by atoms with Crippen LogP contribution in [0.2, 0.25) is 15.3 Å². The van der Waals surface area contributed by atoms with Crippen LogP contribution in [-0.4, -0.2) is 45.5 Å². The Hall–Kier alpha value is -2.67. The molecule has 2 rings (SSSR count). The molecule has 0 aliphatic carbocycles. The molecule has 0 unspecified atom stereocenters. The fourth-order valence-electron chi connectivity index (χ4n) is 1.56. The molecule has 2 aromatic heterocycles. The normalized spacial score (nSPS) is 9.54. The summed E-state index contributed by atoms with van der Waals surface area (Å²) in [6.07, 6.45) is 0.